The van der Waals surface area contributed by atoms with E-state index in [4.69, 9.17) is 9.97 Å². The standard InChI is InChI=1S/C20H24N6/c1-14-15(2)25(12-8-11-24(3)4)19-17(14)20-22-18(23-26(20)13-21-19)16-9-6-5-7-10-16/h5-7,9-10,13H,8,11-12H2,1-4H3/p+1. The van der Waals surface area contributed by atoms with E-state index in [9.17, 15) is 0 Å². The lowest BCUT2D eigenvalue weighted by Crippen LogP contribution is -3.05. The van der Waals surface area contributed by atoms with Crippen LogP contribution in [-0.4, -0.2) is 44.8 Å². The quantitative estimate of drug-likeness (QED) is 0.599. The first kappa shape index (κ1) is 16.7. The molecule has 0 amide bonds. The van der Waals surface area contributed by atoms with Crippen LogP contribution in [0.25, 0.3) is 28.1 Å². The highest BCUT2D eigenvalue weighted by Crippen LogP contribution is 2.28. The van der Waals surface area contributed by atoms with Crippen molar-refractivity contribution >= 4 is 16.7 Å². The molecule has 0 aliphatic carbocycles. The molecule has 1 N–H and O–H groups in total. The highest BCUT2D eigenvalue weighted by Gasteiger charge is 2.18. The summed E-state index contributed by atoms with van der Waals surface area (Å²) in [6.07, 6.45) is 2.91. The van der Waals surface area contributed by atoms with Gasteiger partial charge in [0.15, 0.2) is 11.5 Å². The topological polar surface area (TPSA) is 52.5 Å². The molecule has 0 bridgehead atoms. The van der Waals surface area contributed by atoms with E-state index in [0.717, 1.165) is 47.6 Å². The summed E-state index contributed by atoms with van der Waals surface area (Å²) in [5.74, 6) is 0.737. The minimum absolute atomic E-state index is 0.737. The molecule has 3 heterocycles. The summed E-state index contributed by atoms with van der Waals surface area (Å²) in [5.41, 5.74) is 5.41. The fourth-order valence-electron chi connectivity index (χ4n) is 3.50. The first-order valence-electron chi connectivity index (χ1n) is 9.11. The number of hydrogen-bond acceptors (Lipinski definition) is 3. The summed E-state index contributed by atoms with van der Waals surface area (Å²) in [6, 6.07) is 10.1. The zero-order valence-corrected chi connectivity index (χ0v) is 15.8. The number of benzene rings is 1. The molecule has 0 radical (unpaired) electrons. The second-order valence-corrected chi connectivity index (χ2v) is 7.19. The number of rotatable bonds is 5. The predicted molar refractivity (Wildman–Crippen MR) is 103 cm³/mol. The number of aromatic nitrogens is 5. The van der Waals surface area contributed by atoms with E-state index in [-0.39, 0.29) is 0 Å². The van der Waals surface area contributed by atoms with Gasteiger partial charge in [0.2, 0.25) is 0 Å². The average molecular weight is 349 g/mol. The Morgan fingerprint density at radius 3 is 2.54 bits per heavy atom. The third-order valence-electron chi connectivity index (χ3n) is 5.04. The fraction of sp³-hybridized carbons (Fsp3) is 0.350. The molecule has 0 atom stereocenters. The Labute approximate surface area is 153 Å². The molecule has 4 rings (SSSR count). The molecule has 0 spiro atoms. The van der Waals surface area contributed by atoms with Crippen molar-refractivity contribution in [1.82, 2.24) is 24.1 Å². The summed E-state index contributed by atoms with van der Waals surface area (Å²) in [4.78, 5) is 11.0. The average Bonchev–Trinajstić information content (AvgIpc) is 3.17. The Balaban J connectivity index is 1.84. The first-order chi connectivity index (χ1) is 12.6. The Bertz CT molecular complexity index is 1060. The van der Waals surface area contributed by atoms with Gasteiger partial charge in [0, 0.05) is 24.2 Å². The minimum Gasteiger partial charge on any atom is -0.340 e. The molecule has 26 heavy (non-hydrogen) atoms. The normalized spacial score (nSPS) is 11.9. The van der Waals surface area contributed by atoms with Crippen LogP contribution < -0.4 is 4.90 Å². The van der Waals surface area contributed by atoms with Crippen molar-refractivity contribution in [3.63, 3.8) is 0 Å². The molecule has 6 heteroatoms. The van der Waals surface area contributed by atoms with E-state index in [1.54, 1.807) is 10.8 Å². The van der Waals surface area contributed by atoms with Crippen LogP contribution in [0.15, 0.2) is 36.7 Å². The molecule has 0 saturated heterocycles. The third kappa shape index (κ3) is 2.76. The largest absolute Gasteiger partial charge is 0.340 e. The lowest BCUT2D eigenvalue weighted by molar-refractivity contribution is -0.858. The highest BCUT2D eigenvalue weighted by atomic mass is 15.3. The molecule has 0 aliphatic heterocycles. The van der Waals surface area contributed by atoms with Crippen LogP contribution >= 0.6 is 0 Å². The van der Waals surface area contributed by atoms with Crippen LogP contribution in [0.1, 0.15) is 17.7 Å². The highest BCUT2D eigenvalue weighted by molar-refractivity contribution is 5.94. The SMILES string of the molecule is Cc1c(C)n(CCC[NH+](C)C)c2ncn3nc(-c4ccccc4)nc3c12. The molecule has 134 valence electrons. The van der Waals surface area contributed by atoms with Crippen LogP contribution in [0, 0.1) is 13.8 Å². The number of fused-ring (bicyclic) bond motifs is 3. The summed E-state index contributed by atoms with van der Waals surface area (Å²) in [5, 5.41) is 5.74. The first-order valence-corrected chi connectivity index (χ1v) is 9.11. The number of nitrogens with zero attached hydrogens (tertiary/aromatic N) is 5. The third-order valence-corrected chi connectivity index (χ3v) is 5.04. The Morgan fingerprint density at radius 1 is 1.04 bits per heavy atom. The number of aryl methyl sites for hydroxylation is 2. The Hall–Kier alpha value is -2.73. The minimum atomic E-state index is 0.737. The van der Waals surface area contributed by atoms with Crippen molar-refractivity contribution < 1.29 is 4.90 Å². The fourth-order valence-corrected chi connectivity index (χ4v) is 3.50. The van der Waals surface area contributed by atoms with Gasteiger partial charge in [-0.3, -0.25) is 0 Å². The smallest absolute Gasteiger partial charge is 0.182 e. The van der Waals surface area contributed by atoms with Gasteiger partial charge in [-0.15, -0.1) is 5.10 Å². The van der Waals surface area contributed by atoms with Gasteiger partial charge in [0.25, 0.3) is 0 Å². The zero-order chi connectivity index (χ0) is 18.3. The predicted octanol–water partition coefficient (Wildman–Crippen LogP) is 1.90. The number of hydrogen-bond donors (Lipinski definition) is 1. The molecule has 0 aliphatic rings. The van der Waals surface area contributed by atoms with Gasteiger partial charge < -0.3 is 9.47 Å². The van der Waals surface area contributed by atoms with Gasteiger partial charge in [-0.1, -0.05) is 30.3 Å². The van der Waals surface area contributed by atoms with Crippen LogP contribution in [0.3, 0.4) is 0 Å². The van der Waals surface area contributed by atoms with Crippen molar-refractivity contribution in [2.24, 2.45) is 0 Å². The molecule has 6 nitrogen and oxygen atoms in total. The van der Waals surface area contributed by atoms with Crippen LogP contribution in [0.5, 0.6) is 0 Å². The van der Waals surface area contributed by atoms with Gasteiger partial charge in [0.1, 0.15) is 12.0 Å². The Kier molecular flexibility index (Phi) is 4.20. The molecule has 4 aromatic rings. The van der Waals surface area contributed by atoms with Crippen LogP contribution in [0.2, 0.25) is 0 Å². The molecular formula is C20H25N6+. The molecular weight excluding hydrogens is 324 g/mol. The lowest BCUT2D eigenvalue weighted by Gasteiger charge is -2.10. The Morgan fingerprint density at radius 2 is 1.81 bits per heavy atom. The summed E-state index contributed by atoms with van der Waals surface area (Å²) in [6.45, 7) is 6.45. The van der Waals surface area contributed by atoms with Gasteiger partial charge in [0.05, 0.1) is 26.0 Å². The summed E-state index contributed by atoms with van der Waals surface area (Å²) >= 11 is 0. The maximum Gasteiger partial charge on any atom is 0.182 e. The van der Waals surface area contributed by atoms with Gasteiger partial charge in [-0.2, -0.15) is 0 Å². The van der Waals surface area contributed by atoms with Crippen molar-refractivity contribution in [1.29, 1.82) is 0 Å². The van der Waals surface area contributed by atoms with Crippen molar-refractivity contribution in [3.8, 4) is 11.4 Å². The molecule has 3 aromatic heterocycles. The lowest BCUT2D eigenvalue weighted by atomic mass is 10.2. The summed E-state index contributed by atoms with van der Waals surface area (Å²) < 4.78 is 4.12. The van der Waals surface area contributed by atoms with Gasteiger partial charge in [-0.25, -0.2) is 14.5 Å². The van der Waals surface area contributed by atoms with Crippen LogP contribution in [-0.2, 0) is 6.54 Å². The summed E-state index contributed by atoms with van der Waals surface area (Å²) in [7, 11) is 4.38. The zero-order valence-electron chi connectivity index (χ0n) is 15.8. The van der Waals surface area contributed by atoms with Crippen molar-refractivity contribution in [3.05, 3.63) is 47.9 Å². The second kappa shape index (κ2) is 6.53. The van der Waals surface area contributed by atoms with E-state index in [0.29, 0.717) is 0 Å². The number of quaternary nitrogens is 1. The monoisotopic (exact) mass is 349 g/mol. The van der Waals surface area contributed by atoms with E-state index < -0.39 is 0 Å². The van der Waals surface area contributed by atoms with Crippen molar-refractivity contribution in [2.75, 3.05) is 20.6 Å². The van der Waals surface area contributed by atoms with E-state index >= 15 is 0 Å². The molecule has 0 fully saturated rings. The molecule has 0 saturated carbocycles. The maximum atomic E-state index is 4.83. The van der Waals surface area contributed by atoms with E-state index in [2.05, 4.69) is 37.6 Å². The van der Waals surface area contributed by atoms with Gasteiger partial charge >= 0.3 is 0 Å². The molecule has 1 aromatic carbocycles. The van der Waals surface area contributed by atoms with Crippen LogP contribution in [0.4, 0.5) is 0 Å². The number of nitrogens with one attached hydrogen (secondary N) is 1. The maximum absolute atomic E-state index is 4.83. The van der Waals surface area contributed by atoms with Gasteiger partial charge in [-0.05, 0) is 19.4 Å². The van der Waals surface area contributed by atoms with E-state index in [1.165, 1.54) is 16.2 Å². The molecule has 0 unspecified atom stereocenters. The van der Waals surface area contributed by atoms with Crippen molar-refractivity contribution in [2.45, 2.75) is 26.8 Å². The second-order valence-electron chi connectivity index (χ2n) is 7.19. The van der Waals surface area contributed by atoms with E-state index in [1.807, 2.05) is 30.3 Å².